The fourth-order valence-corrected chi connectivity index (χ4v) is 3.78. The van der Waals surface area contributed by atoms with Crippen molar-refractivity contribution in [3.8, 4) is 0 Å². The minimum atomic E-state index is 0.827. The summed E-state index contributed by atoms with van der Waals surface area (Å²) in [6.45, 7) is 3.91. The van der Waals surface area contributed by atoms with Crippen molar-refractivity contribution in [2.75, 3.05) is 36.0 Å². The molecule has 0 saturated carbocycles. The fraction of sp³-hybridized carbons (Fsp3) is 0.312. The molecule has 0 unspecified atom stereocenters. The second kappa shape index (κ2) is 5.88. The SMILES string of the molecule is c1cnc(N2CCCN(c3nc4ccccc4s3)CC2)nc1. The number of nitrogens with zero attached hydrogens (tertiary/aromatic N) is 5. The van der Waals surface area contributed by atoms with Gasteiger partial charge >= 0.3 is 0 Å². The lowest BCUT2D eigenvalue weighted by atomic mass is 10.3. The highest BCUT2D eigenvalue weighted by Crippen LogP contribution is 2.29. The van der Waals surface area contributed by atoms with Gasteiger partial charge in [0.1, 0.15) is 0 Å². The zero-order valence-corrected chi connectivity index (χ0v) is 13.0. The van der Waals surface area contributed by atoms with Gasteiger partial charge in [0, 0.05) is 38.6 Å². The smallest absolute Gasteiger partial charge is 0.225 e. The van der Waals surface area contributed by atoms with E-state index >= 15 is 0 Å². The van der Waals surface area contributed by atoms with Crippen molar-refractivity contribution in [1.29, 1.82) is 0 Å². The van der Waals surface area contributed by atoms with Crippen LogP contribution in [-0.2, 0) is 0 Å². The molecule has 1 fully saturated rings. The van der Waals surface area contributed by atoms with E-state index in [2.05, 4.69) is 38.0 Å². The molecular weight excluding hydrogens is 294 g/mol. The van der Waals surface area contributed by atoms with Crippen molar-refractivity contribution in [3.05, 3.63) is 42.7 Å². The van der Waals surface area contributed by atoms with E-state index in [-0.39, 0.29) is 0 Å². The molecule has 22 heavy (non-hydrogen) atoms. The molecule has 112 valence electrons. The number of para-hydroxylation sites is 1. The van der Waals surface area contributed by atoms with Crippen molar-refractivity contribution in [1.82, 2.24) is 15.0 Å². The molecule has 5 nitrogen and oxygen atoms in total. The summed E-state index contributed by atoms with van der Waals surface area (Å²) in [4.78, 5) is 18.1. The van der Waals surface area contributed by atoms with Gasteiger partial charge in [-0.1, -0.05) is 23.5 Å². The molecule has 4 rings (SSSR count). The molecule has 0 aliphatic carbocycles. The quantitative estimate of drug-likeness (QED) is 0.728. The summed E-state index contributed by atoms with van der Waals surface area (Å²) < 4.78 is 1.25. The second-order valence-corrected chi connectivity index (χ2v) is 6.35. The van der Waals surface area contributed by atoms with Crippen LogP contribution >= 0.6 is 11.3 Å². The molecule has 1 aliphatic rings. The lowest BCUT2D eigenvalue weighted by Gasteiger charge is -2.21. The third-order valence-electron chi connectivity index (χ3n) is 3.88. The highest BCUT2D eigenvalue weighted by Gasteiger charge is 2.19. The summed E-state index contributed by atoms with van der Waals surface area (Å²) >= 11 is 1.78. The van der Waals surface area contributed by atoms with E-state index in [9.17, 15) is 0 Å². The Hall–Kier alpha value is -2.21. The van der Waals surface area contributed by atoms with Crippen LogP contribution in [0.15, 0.2) is 42.7 Å². The van der Waals surface area contributed by atoms with Gasteiger partial charge in [0.05, 0.1) is 10.2 Å². The Morgan fingerprint density at radius 3 is 2.50 bits per heavy atom. The molecule has 0 radical (unpaired) electrons. The van der Waals surface area contributed by atoms with Crippen molar-refractivity contribution < 1.29 is 0 Å². The average Bonchev–Trinajstić information content (AvgIpc) is 2.85. The Morgan fingerprint density at radius 1 is 0.864 bits per heavy atom. The Morgan fingerprint density at radius 2 is 1.64 bits per heavy atom. The zero-order valence-electron chi connectivity index (χ0n) is 12.2. The predicted octanol–water partition coefficient (Wildman–Crippen LogP) is 2.80. The highest BCUT2D eigenvalue weighted by atomic mass is 32.1. The minimum absolute atomic E-state index is 0.827. The van der Waals surface area contributed by atoms with Crippen LogP contribution in [0.5, 0.6) is 0 Å². The first-order valence-corrected chi connectivity index (χ1v) is 8.34. The first-order valence-electron chi connectivity index (χ1n) is 7.53. The zero-order chi connectivity index (χ0) is 14.8. The Bertz CT molecular complexity index is 724. The molecular formula is C16H17N5S. The molecule has 3 aromatic rings. The third-order valence-corrected chi connectivity index (χ3v) is 4.98. The Balaban J connectivity index is 1.53. The van der Waals surface area contributed by atoms with Crippen molar-refractivity contribution in [2.24, 2.45) is 0 Å². The molecule has 1 aromatic carbocycles. The number of anilines is 2. The number of hydrogen-bond donors (Lipinski definition) is 0. The Labute approximate surface area is 133 Å². The van der Waals surface area contributed by atoms with Gasteiger partial charge in [0.15, 0.2) is 5.13 Å². The van der Waals surface area contributed by atoms with E-state index < -0.39 is 0 Å². The summed E-state index contributed by atoms with van der Waals surface area (Å²) in [7, 11) is 0. The standard InChI is InChI=1S/C16H17N5S/c1-2-6-14-13(5-1)19-16(22-14)21-10-4-9-20(11-12-21)15-17-7-3-8-18-15/h1-3,5-8H,4,9-12H2. The van der Waals surface area contributed by atoms with E-state index in [4.69, 9.17) is 4.98 Å². The van der Waals surface area contributed by atoms with Gasteiger partial charge in [-0.15, -0.1) is 0 Å². The predicted molar refractivity (Wildman–Crippen MR) is 90.7 cm³/mol. The first-order chi connectivity index (χ1) is 10.9. The molecule has 0 bridgehead atoms. The number of aromatic nitrogens is 3. The van der Waals surface area contributed by atoms with E-state index in [0.717, 1.165) is 49.2 Å². The average molecular weight is 311 g/mol. The first kappa shape index (κ1) is 13.5. The minimum Gasteiger partial charge on any atom is -0.346 e. The number of rotatable bonds is 2. The van der Waals surface area contributed by atoms with E-state index in [1.54, 1.807) is 23.7 Å². The Kier molecular flexibility index (Phi) is 3.60. The van der Waals surface area contributed by atoms with Gasteiger partial charge in [0.2, 0.25) is 5.95 Å². The van der Waals surface area contributed by atoms with Crippen LogP contribution in [0.2, 0.25) is 0 Å². The lowest BCUT2D eigenvalue weighted by molar-refractivity contribution is 0.782. The van der Waals surface area contributed by atoms with Crippen LogP contribution in [0.3, 0.4) is 0 Å². The molecule has 0 spiro atoms. The van der Waals surface area contributed by atoms with Crippen molar-refractivity contribution in [2.45, 2.75) is 6.42 Å². The molecule has 6 heteroatoms. The summed E-state index contributed by atoms with van der Waals surface area (Å²) in [6.07, 6.45) is 4.70. The maximum Gasteiger partial charge on any atom is 0.225 e. The van der Waals surface area contributed by atoms with E-state index in [1.165, 1.54) is 4.70 Å². The van der Waals surface area contributed by atoms with Crippen LogP contribution in [-0.4, -0.2) is 41.1 Å². The van der Waals surface area contributed by atoms with Crippen molar-refractivity contribution in [3.63, 3.8) is 0 Å². The fourth-order valence-electron chi connectivity index (χ4n) is 2.76. The molecule has 1 aliphatic heterocycles. The van der Waals surface area contributed by atoms with Gasteiger partial charge in [0.25, 0.3) is 0 Å². The number of benzene rings is 1. The number of fused-ring (bicyclic) bond motifs is 1. The highest BCUT2D eigenvalue weighted by molar-refractivity contribution is 7.22. The van der Waals surface area contributed by atoms with Gasteiger partial charge in [-0.2, -0.15) is 0 Å². The maximum absolute atomic E-state index is 4.77. The number of thiazole rings is 1. The molecule has 0 amide bonds. The second-order valence-electron chi connectivity index (χ2n) is 5.34. The summed E-state index contributed by atoms with van der Waals surface area (Å²) in [5.41, 5.74) is 1.09. The lowest BCUT2D eigenvalue weighted by Crippen LogP contribution is -2.31. The number of hydrogen-bond acceptors (Lipinski definition) is 6. The van der Waals surface area contributed by atoms with Crippen LogP contribution < -0.4 is 9.80 Å². The largest absolute Gasteiger partial charge is 0.346 e. The van der Waals surface area contributed by atoms with Gasteiger partial charge < -0.3 is 9.80 Å². The summed E-state index contributed by atoms with van der Waals surface area (Å²) in [6, 6.07) is 10.2. The third kappa shape index (κ3) is 2.62. The van der Waals surface area contributed by atoms with Gasteiger partial charge in [-0.3, -0.25) is 0 Å². The monoisotopic (exact) mass is 311 g/mol. The maximum atomic E-state index is 4.77. The normalized spacial score (nSPS) is 16.0. The topological polar surface area (TPSA) is 45.2 Å². The summed E-state index contributed by atoms with van der Waals surface area (Å²) in [5.74, 6) is 0.827. The van der Waals surface area contributed by atoms with E-state index in [1.807, 2.05) is 12.1 Å². The molecule has 1 saturated heterocycles. The van der Waals surface area contributed by atoms with Crippen molar-refractivity contribution >= 4 is 32.6 Å². The van der Waals surface area contributed by atoms with Gasteiger partial charge in [-0.05, 0) is 24.6 Å². The molecule has 0 atom stereocenters. The molecule has 3 heterocycles. The molecule has 0 N–H and O–H groups in total. The summed E-state index contributed by atoms with van der Waals surface area (Å²) in [5, 5.41) is 1.12. The van der Waals surface area contributed by atoms with Crippen LogP contribution in [0.1, 0.15) is 6.42 Å². The van der Waals surface area contributed by atoms with Crippen LogP contribution in [0.4, 0.5) is 11.1 Å². The van der Waals surface area contributed by atoms with Crippen LogP contribution in [0.25, 0.3) is 10.2 Å². The van der Waals surface area contributed by atoms with E-state index in [0.29, 0.717) is 0 Å². The van der Waals surface area contributed by atoms with Gasteiger partial charge in [-0.25, -0.2) is 15.0 Å². The molecule has 2 aromatic heterocycles. The van der Waals surface area contributed by atoms with Crippen LogP contribution in [0, 0.1) is 0 Å².